The number of hydrogen-bond acceptors (Lipinski definition) is 5. The van der Waals surface area contributed by atoms with Gasteiger partial charge in [-0.15, -0.1) is 10.2 Å². The lowest BCUT2D eigenvalue weighted by Crippen LogP contribution is -1.95. The van der Waals surface area contributed by atoms with Crippen LogP contribution in [0.15, 0.2) is 6.33 Å². The molecule has 0 amide bonds. The Bertz CT molecular complexity index is 174. The molecule has 5 nitrogen and oxygen atoms in total. The quantitative estimate of drug-likeness (QED) is 0.437. The van der Waals surface area contributed by atoms with Crippen LogP contribution < -0.4 is 0 Å². The van der Waals surface area contributed by atoms with Gasteiger partial charge >= 0.3 is 0 Å². The molecule has 0 fully saturated rings. The van der Waals surface area contributed by atoms with Crippen LogP contribution in [0.2, 0.25) is 0 Å². The topological polar surface area (TPSA) is 68.6 Å². The molecule has 1 aromatic rings. The maximum atomic E-state index is 9.81. The third-order valence-electron chi connectivity index (χ3n) is 0.546. The molecule has 0 aliphatic rings. The predicted molar refractivity (Wildman–Crippen MR) is 23.0 cm³/mol. The minimum atomic E-state index is 0.0556. The highest BCUT2D eigenvalue weighted by atomic mass is 16.1. The molecule has 0 aliphatic heterocycles. The van der Waals surface area contributed by atoms with Gasteiger partial charge in [0, 0.05) is 0 Å². The number of carbonyl (C=O) groups is 1. The second kappa shape index (κ2) is 2.06. The van der Waals surface area contributed by atoms with Gasteiger partial charge in [-0.25, -0.2) is 4.98 Å². The SMILES string of the molecule is O=Cc1ncnnn1. The van der Waals surface area contributed by atoms with Crippen molar-refractivity contribution in [3.05, 3.63) is 12.2 Å². The monoisotopic (exact) mass is 110 g/mol. The number of aromatic nitrogens is 4. The average Bonchev–Trinajstić information content (AvgIpc) is 1.90. The fourth-order valence-corrected chi connectivity index (χ4v) is 0.260. The molecule has 0 bridgehead atoms. The summed E-state index contributed by atoms with van der Waals surface area (Å²) in [6.07, 6.45) is 1.67. The molecule has 40 valence electrons. The normalized spacial score (nSPS) is 8.50. The van der Waals surface area contributed by atoms with Crippen molar-refractivity contribution >= 4 is 6.29 Å². The molecule has 0 saturated heterocycles. The largest absolute Gasteiger partial charge is 0.294 e. The van der Waals surface area contributed by atoms with Crippen molar-refractivity contribution in [2.45, 2.75) is 0 Å². The van der Waals surface area contributed by atoms with Gasteiger partial charge in [0.25, 0.3) is 0 Å². The first-order valence-electron chi connectivity index (χ1n) is 1.89. The van der Waals surface area contributed by atoms with E-state index >= 15 is 0 Å². The molecule has 0 spiro atoms. The minimum Gasteiger partial charge on any atom is -0.294 e. The summed E-state index contributed by atoms with van der Waals surface area (Å²) in [4.78, 5) is 13.3. The third kappa shape index (κ3) is 0.810. The fourth-order valence-electron chi connectivity index (χ4n) is 0.260. The molecule has 0 unspecified atom stereocenters. The lowest BCUT2D eigenvalue weighted by molar-refractivity contribution is 0.111. The molecule has 0 saturated carbocycles. The van der Waals surface area contributed by atoms with E-state index in [1.807, 2.05) is 0 Å². The van der Waals surface area contributed by atoms with Crippen molar-refractivity contribution in [1.29, 1.82) is 0 Å². The molecule has 0 aliphatic carbocycles. The van der Waals surface area contributed by atoms with E-state index < -0.39 is 0 Å². The molecule has 1 heterocycles. The van der Waals surface area contributed by atoms with Crippen molar-refractivity contribution in [2.24, 2.45) is 0 Å². The molecule has 0 atom stereocenters. The standard InChI is InChI=1S/C3H2N4O/c8-1-3-4-2-5-7-6-3/h1-2H. The van der Waals surface area contributed by atoms with Gasteiger partial charge < -0.3 is 0 Å². The van der Waals surface area contributed by atoms with Crippen LogP contribution in [0.3, 0.4) is 0 Å². The Morgan fingerprint density at radius 2 is 2.50 bits per heavy atom. The number of aldehydes is 1. The summed E-state index contributed by atoms with van der Waals surface area (Å²) >= 11 is 0. The van der Waals surface area contributed by atoms with Crippen molar-refractivity contribution in [3.8, 4) is 0 Å². The average molecular weight is 110 g/mol. The van der Waals surface area contributed by atoms with Crippen LogP contribution in [0.5, 0.6) is 0 Å². The molecule has 1 rings (SSSR count). The lowest BCUT2D eigenvalue weighted by atomic mass is 10.7. The van der Waals surface area contributed by atoms with Crippen LogP contribution in [0.1, 0.15) is 10.6 Å². The number of hydrogen-bond donors (Lipinski definition) is 0. The number of nitrogens with zero attached hydrogens (tertiary/aromatic N) is 4. The van der Waals surface area contributed by atoms with Gasteiger partial charge in [-0.2, -0.15) is 0 Å². The van der Waals surface area contributed by atoms with E-state index in [0.29, 0.717) is 6.29 Å². The van der Waals surface area contributed by atoms with E-state index in [4.69, 9.17) is 0 Å². The molecule has 1 aromatic heterocycles. The Hall–Kier alpha value is -1.39. The first kappa shape index (κ1) is 4.76. The van der Waals surface area contributed by atoms with Crippen LogP contribution in [0.4, 0.5) is 0 Å². The van der Waals surface area contributed by atoms with E-state index in [1.165, 1.54) is 0 Å². The zero-order chi connectivity index (χ0) is 5.82. The van der Waals surface area contributed by atoms with Crippen molar-refractivity contribution in [3.63, 3.8) is 0 Å². The molecule has 0 radical (unpaired) electrons. The van der Waals surface area contributed by atoms with E-state index in [-0.39, 0.29) is 5.82 Å². The number of rotatable bonds is 1. The van der Waals surface area contributed by atoms with Crippen LogP contribution in [-0.4, -0.2) is 26.7 Å². The Labute approximate surface area is 44.8 Å². The molecule has 0 aromatic carbocycles. The van der Waals surface area contributed by atoms with Crippen LogP contribution >= 0.6 is 0 Å². The van der Waals surface area contributed by atoms with Gasteiger partial charge in [-0.1, -0.05) is 0 Å². The summed E-state index contributed by atoms with van der Waals surface area (Å²) in [6.45, 7) is 0. The van der Waals surface area contributed by atoms with E-state index in [9.17, 15) is 4.79 Å². The Morgan fingerprint density at radius 3 is 2.88 bits per heavy atom. The van der Waals surface area contributed by atoms with Gasteiger partial charge in [0.05, 0.1) is 0 Å². The second-order valence-corrected chi connectivity index (χ2v) is 1.03. The Morgan fingerprint density at radius 1 is 1.62 bits per heavy atom. The molecule has 8 heavy (non-hydrogen) atoms. The van der Waals surface area contributed by atoms with Crippen molar-refractivity contribution in [1.82, 2.24) is 20.4 Å². The molecule has 5 heteroatoms. The minimum absolute atomic E-state index is 0.0556. The van der Waals surface area contributed by atoms with Gasteiger partial charge in [0.15, 0.2) is 6.29 Å². The Kier molecular flexibility index (Phi) is 1.23. The second-order valence-electron chi connectivity index (χ2n) is 1.03. The van der Waals surface area contributed by atoms with E-state index in [0.717, 1.165) is 6.33 Å². The third-order valence-corrected chi connectivity index (χ3v) is 0.546. The lowest BCUT2D eigenvalue weighted by Gasteiger charge is -1.78. The van der Waals surface area contributed by atoms with Crippen molar-refractivity contribution in [2.75, 3.05) is 0 Å². The zero-order valence-corrected chi connectivity index (χ0v) is 3.85. The van der Waals surface area contributed by atoms with E-state index in [1.54, 1.807) is 0 Å². The highest BCUT2D eigenvalue weighted by molar-refractivity contribution is 5.67. The molecular formula is C3H2N4O. The van der Waals surface area contributed by atoms with Gasteiger partial charge in [0.2, 0.25) is 5.82 Å². The van der Waals surface area contributed by atoms with Gasteiger partial charge in [0.1, 0.15) is 6.33 Å². The predicted octanol–water partition coefficient (Wildman–Crippen LogP) is -0.921. The fraction of sp³-hybridized carbons (Fsp3) is 0. The summed E-state index contributed by atoms with van der Waals surface area (Å²) in [7, 11) is 0. The molecule has 0 N–H and O–H groups in total. The van der Waals surface area contributed by atoms with Crippen LogP contribution in [0, 0.1) is 0 Å². The van der Waals surface area contributed by atoms with Gasteiger partial charge in [-0.05, 0) is 5.21 Å². The Balaban J connectivity index is 2.99. The summed E-state index contributed by atoms with van der Waals surface area (Å²) < 4.78 is 0. The highest BCUT2D eigenvalue weighted by Gasteiger charge is 1.86. The van der Waals surface area contributed by atoms with Crippen LogP contribution in [-0.2, 0) is 0 Å². The summed E-state index contributed by atoms with van der Waals surface area (Å²) in [5.74, 6) is 0.0556. The van der Waals surface area contributed by atoms with Crippen molar-refractivity contribution < 1.29 is 4.79 Å². The van der Waals surface area contributed by atoms with Gasteiger partial charge in [-0.3, -0.25) is 4.79 Å². The maximum Gasteiger partial charge on any atom is 0.217 e. The maximum absolute atomic E-state index is 9.81. The highest BCUT2D eigenvalue weighted by Crippen LogP contribution is 1.70. The first-order valence-corrected chi connectivity index (χ1v) is 1.89. The first-order chi connectivity index (χ1) is 3.93. The summed E-state index contributed by atoms with van der Waals surface area (Å²) in [5, 5.41) is 9.68. The smallest absolute Gasteiger partial charge is 0.217 e. The zero-order valence-electron chi connectivity index (χ0n) is 3.85. The van der Waals surface area contributed by atoms with E-state index in [2.05, 4.69) is 20.4 Å². The molecular weight excluding hydrogens is 108 g/mol. The number of carbonyl (C=O) groups excluding carboxylic acids is 1. The summed E-state index contributed by atoms with van der Waals surface area (Å²) in [5.41, 5.74) is 0. The summed E-state index contributed by atoms with van der Waals surface area (Å²) in [6, 6.07) is 0. The van der Waals surface area contributed by atoms with Crippen LogP contribution in [0.25, 0.3) is 0 Å².